The van der Waals surface area contributed by atoms with E-state index in [4.69, 9.17) is 4.74 Å². The Bertz CT molecular complexity index is 552. The molecule has 0 amide bonds. The van der Waals surface area contributed by atoms with Gasteiger partial charge in [-0.15, -0.1) is 0 Å². The molecular weight excluding hydrogens is 246 g/mol. The van der Waals surface area contributed by atoms with Gasteiger partial charge < -0.3 is 4.74 Å². The zero-order valence-electron chi connectivity index (χ0n) is 12.0. The van der Waals surface area contributed by atoms with E-state index in [2.05, 4.69) is 47.4 Å². The summed E-state index contributed by atoms with van der Waals surface area (Å²) in [6.07, 6.45) is 2.52. The molecular formula is C18H21NO. The van der Waals surface area contributed by atoms with Crippen LogP contribution in [0.3, 0.4) is 0 Å². The summed E-state index contributed by atoms with van der Waals surface area (Å²) in [5.41, 5.74) is 2.71. The van der Waals surface area contributed by atoms with E-state index in [1.165, 1.54) is 24.0 Å². The van der Waals surface area contributed by atoms with Crippen molar-refractivity contribution in [3.8, 4) is 5.75 Å². The van der Waals surface area contributed by atoms with Crippen LogP contribution in [0.25, 0.3) is 0 Å². The SMILES string of the molecule is COc1ccccc1CN1CCCC1c1ccccc1. The third-order valence-corrected chi connectivity index (χ3v) is 4.11. The van der Waals surface area contributed by atoms with Crippen molar-refractivity contribution in [2.24, 2.45) is 0 Å². The van der Waals surface area contributed by atoms with Crippen molar-refractivity contribution in [1.29, 1.82) is 0 Å². The highest BCUT2D eigenvalue weighted by Crippen LogP contribution is 2.34. The topological polar surface area (TPSA) is 12.5 Å². The van der Waals surface area contributed by atoms with Crippen LogP contribution in [0.1, 0.15) is 30.0 Å². The fraction of sp³-hybridized carbons (Fsp3) is 0.333. The number of hydrogen-bond donors (Lipinski definition) is 0. The number of para-hydroxylation sites is 1. The molecule has 1 saturated heterocycles. The largest absolute Gasteiger partial charge is 0.496 e. The zero-order chi connectivity index (χ0) is 13.8. The van der Waals surface area contributed by atoms with Gasteiger partial charge in [-0.3, -0.25) is 4.90 Å². The van der Waals surface area contributed by atoms with Crippen molar-refractivity contribution in [1.82, 2.24) is 4.90 Å². The van der Waals surface area contributed by atoms with Crippen molar-refractivity contribution in [3.63, 3.8) is 0 Å². The summed E-state index contributed by atoms with van der Waals surface area (Å²) in [5.74, 6) is 0.992. The summed E-state index contributed by atoms with van der Waals surface area (Å²) >= 11 is 0. The third kappa shape index (κ3) is 2.70. The Balaban J connectivity index is 1.79. The molecule has 0 bridgehead atoms. The molecule has 2 nitrogen and oxygen atoms in total. The molecule has 2 aromatic rings. The summed E-state index contributed by atoms with van der Waals surface area (Å²) in [6.45, 7) is 2.13. The van der Waals surface area contributed by atoms with Crippen LogP contribution < -0.4 is 4.74 Å². The molecule has 3 rings (SSSR count). The Kier molecular flexibility index (Phi) is 4.03. The maximum Gasteiger partial charge on any atom is 0.123 e. The summed E-state index contributed by atoms with van der Waals surface area (Å²) in [5, 5.41) is 0. The molecule has 1 unspecified atom stereocenters. The Morgan fingerprint density at radius 2 is 1.80 bits per heavy atom. The monoisotopic (exact) mass is 267 g/mol. The second-order valence-electron chi connectivity index (χ2n) is 5.35. The molecule has 0 radical (unpaired) electrons. The lowest BCUT2D eigenvalue weighted by atomic mass is 10.0. The van der Waals surface area contributed by atoms with Crippen molar-refractivity contribution >= 4 is 0 Å². The van der Waals surface area contributed by atoms with E-state index in [1.807, 2.05) is 12.1 Å². The van der Waals surface area contributed by atoms with Gasteiger partial charge in [0.25, 0.3) is 0 Å². The summed E-state index contributed by atoms with van der Waals surface area (Å²) in [4.78, 5) is 2.56. The maximum absolute atomic E-state index is 5.47. The fourth-order valence-electron chi connectivity index (χ4n) is 3.12. The van der Waals surface area contributed by atoms with Gasteiger partial charge >= 0.3 is 0 Å². The first-order valence-electron chi connectivity index (χ1n) is 7.29. The Morgan fingerprint density at radius 3 is 2.60 bits per heavy atom. The predicted octanol–water partition coefficient (Wildman–Crippen LogP) is 4.03. The van der Waals surface area contributed by atoms with Crippen molar-refractivity contribution in [2.75, 3.05) is 13.7 Å². The molecule has 1 fully saturated rings. The molecule has 0 aromatic heterocycles. The first kappa shape index (κ1) is 13.2. The lowest BCUT2D eigenvalue weighted by Crippen LogP contribution is -2.23. The first-order valence-corrected chi connectivity index (χ1v) is 7.29. The van der Waals surface area contributed by atoms with E-state index in [0.29, 0.717) is 6.04 Å². The molecule has 1 atom stereocenters. The van der Waals surface area contributed by atoms with E-state index in [-0.39, 0.29) is 0 Å². The van der Waals surface area contributed by atoms with E-state index in [1.54, 1.807) is 7.11 Å². The van der Waals surface area contributed by atoms with Gasteiger partial charge in [-0.2, -0.15) is 0 Å². The number of rotatable bonds is 4. The molecule has 2 aromatic carbocycles. The van der Waals surface area contributed by atoms with Crippen LogP contribution in [-0.4, -0.2) is 18.6 Å². The number of methoxy groups -OCH3 is 1. The van der Waals surface area contributed by atoms with E-state index < -0.39 is 0 Å². The standard InChI is InChI=1S/C18H21NO/c1-20-18-12-6-5-10-16(18)14-19-13-7-11-17(19)15-8-3-2-4-9-15/h2-6,8-10,12,17H,7,11,13-14H2,1H3. The molecule has 0 N–H and O–H groups in total. The smallest absolute Gasteiger partial charge is 0.123 e. The second-order valence-corrected chi connectivity index (χ2v) is 5.35. The minimum atomic E-state index is 0.543. The van der Waals surface area contributed by atoms with Crippen LogP contribution in [0.5, 0.6) is 5.75 Å². The first-order chi connectivity index (χ1) is 9.88. The molecule has 0 aliphatic carbocycles. The van der Waals surface area contributed by atoms with Crippen LogP contribution in [0.2, 0.25) is 0 Å². The summed E-state index contributed by atoms with van der Waals surface area (Å²) < 4.78 is 5.47. The van der Waals surface area contributed by atoms with Crippen molar-refractivity contribution < 1.29 is 4.74 Å². The van der Waals surface area contributed by atoms with Crippen LogP contribution in [0.15, 0.2) is 54.6 Å². The average molecular weight is 267 g/mol. The van der Waals surface area contributed by atoms with Gasteiger partial charge in [-0.25, -0.2) is 0 Å². The van der Waals surface area contributed by atoms with Crippen LogP contribution in [0, 0.1) is 0 Å². The van der Waals surface area contributed by atoms with Gasteiger partial charge in [0.05, 0.1) is 7.11 Å². The molecule has 1 aliphatic rings. The second kappa shape index (κ2) is 6.10. The van der Waals surface area contributed by atoms with E-state index in [0.717, 1.165) is 18.8 Å². The summed E-state index contributed by atoms with van der Waals surface area (Å²) in [6, 6.07) is 19.7. The van der Waals surface area contributed by atoms with Crippen LogP contribution in [-0.2, 0) is 6.54 Å². The van der Waals surface area contributed by atoms with Crippen LogP contribution in [0.4, 0.5) is 0 Å². The molecule has 1 heterocycles. The Hall–Kier alpha value is -1.80. The number of nitrogens with zero attached hydrogens (tertiary/aromatic N) is 1. The lowest BCUT2D eigenvalue weighted by Gasteiger charge is -2.25. The quantitative estimate of drug-likeness (QED) is 0.829. The molecule has 104 valence electrons. The minimum absolute atomic E-state index is 0.543. The predicted molar refractivity (Wildman–Crippen MR) is 81.8 cm³/mol. The van der Waals surface area contributed by atoms with Crippen molar-refractivity contribution in [3.05, 3.63) is 65.7 Å². The highest BCUT2D eigenvalue weighted by molar-refractivity contribution is 5.33. The average Bonchev–Trinajstić information content (AvgIpc) is 2.97. The molecule has 1 aliphatic heterocycles. The highest BCUT2D eigenvalue weighted by Gasteiger charge is 2.26. The van der Waals surface area contributed by atoms with Gasteiger partial charge in [0.1, 0.15) is 5.75 Å². The van der Waals surface area contributed by atoms with Crippen LogP contribution >= 0.6 is 0 Å². The van der Waals surface area contributed by atoms with Gasteiger partial charge in [0, 0.05) is 18.2 Å². The number of benzene rings is 2. The number of ether oxygens (including phenoxy) is 1. The summed E-state index contributed by atoms with van der Waals surface area (Å²) in [7, 11) is 1.75. The number of likely N-dealkylation sites (tertiary alicyclic amines) is 1. The Labute approximate surface area is 121 Å². The van der Waals surface area contributed by atoms with Crippen molar-refractivity contribution in [2.45, 2.75) is 25.4 Å². The maximum atomic E-state index is 5.47. The van der Waals surface area contributed by atoms with E-state index in [9.17, 15) is 0 Å². The third-order valence-electron chi connectivity index (χ3n) is 4.11. The van der Waals surface area contributed by atoms with Gasteiger partial charge in [-0.05, 0) is 31.0 Å². The minimum Gasteiger partial charge on any atom is -0.496 e. The lowest BCUT2D eigenvalue weighted by molar-refractivity contribution is 0.244. The zero-order valence-corrected chi connectivity index (χ0v) is 12.0. The number of hydrogen-bond acceptors (Lipinski definition) is 2. The van der Waals surface area contributed by atoms with E-state index >= 15 is 0 Å². The molecule has 20 heavy (non-hydrogen) atoms. The fourth-order valence-corrected chi connectivity index (χ4v) is 3.12. The Morgan fingerprint density at radius 1 is 1.05 bits per heavy atom. The van der Waals surface area contributed by atoms with Gasteiger partial charge in [0.2, 0.25) is 0 Å². The normalized spacial score (nSPS) is 19.1. The molecule has 2 heteroatoms. The molecule has 0 spiro atoms. The van der Waals surface area contributed by atoms with Gasteiger partial charge in [0.15, 0.2) is 0 Å². The highest BCUT2D eigenvalue weighted by atomic mass is 16.5. The van der Waals surface area contributed by atoms with Gasteiger partial charge in [-0.1, -0.05) is 48.5 Å². The molecule has 0 saturated carbocycles.